The number of quaternary nitrogens is 1. The smallest absolute Gasteiger partial charge is 0.456 e. The zero-order valence-electron chi connectivity index (χ0n) is 54.8. The van der Waals surface area contributed by atoms with Gasteiger partial charge in [0.25, 0.3) is 0 Å². The first-order valence-corrected chi connectivity index (χ1v) is 36.8. The molecule has 3 unspecified atom stereocenters. The number of unbranched alkanes of at least 4 members (excludes halogenated alkanes) is 45. The van der Waals surface area contributed by atoms with Gasteiger partial charge in [-0.25, -0.2) is 4.57 Å². The average Bonchev–Trinajstić information content (AvgIpc) is 3.44. The highest BCUT2D eigenvalue weighted by Gasteiger charge is 2.30. The second-order valence-electron chi connectivity index (χ2n) is 25.4. The topological polar surface area (TPSA) is 111 Å². The van der Waals surface area contributed by atoms with Crippen molar-refractivity contribution in [2.45, 2.75) is 367 Å². The number of phosphoric ester groups is 1. The van der Waals surface area contributed by atoms with Crippen molar-refractivity contribution in [3.8, 4) is 0 Å². The van der Waals surface area contributed by atoms with Gasteiger partial charge >= 0.3 is 13.8 Å². The molecular formula is C71H138N2O7P+. The van der Waals surface area contributed by atoms with Crippen molar-refractivity contribution in [3.05, 3.63) is 36.5 Å². The monoisotopic (exact) mass is 1160 g/mol. The third-order valence-electron chi connectivity index (χ3n) is 16.1. The number of nitrogens with zero attached hydrogens (tertiary/aromatic N) is 1. The fourth-order valence-electron chi connectivity index (χ4n) is 10.6. The van der Waals surface area contributed by atoms with Crippen LogP contribution in [0.15, 0.2) is 36.5 Å². The van der Waals surface area contributed by atoms with Crippen molar-refractivity contribution < 1.29 is 37.3 Å². The van der Waals surface area contributed by atoms with Crippen molar-refractivity contribution in [1.29, 1.82) is 0 Å². The van der Waals surface area contributed by atoms with Gasteiger partial charge in [0.2, 0.25) is 5.91 Å². The molecule has 0 rings (SSSR count). The third kappa shape index (κ3) is 62.6. The van der Waals surface area contributed by atoms with Gasteiger partial charge in [-0.1, -0.05) is 314 Å². The van der Waals surface area contributed by atoms with E-state index >= 15 is 0 Å². The molecule has 0 aromatic carbocycles. The number of ether oxygens (including phenoxy) is 1. The van der Waals surface area contributed by atoms with Crippen molar-refractivity contribution in [2.75, 3.05) is 40.9 Å². The summed E-state index contributed by atoms with van der Waals surface area (Å²) in [5.74, 6) is -0.489. The minimum Gasteiger partial charge on any atom is -0.456 e. The Balaban J connectivity index is 5.01. The summed E-state index contributed by atoms with van der Waals surface area (Å²) >= 11 is 0. The van der Waals surface area contributed by atoms with Gasteiger partial charge in [0.1, 0.15) is 19.3 Å². The number of carbonyl (C=O) groups excluding carboxylic acids is 2. The summed E-state index contributed by atoms with van der Waals surface area (Å²) in [5, 5.41) is 3.07. The zero-order valence-corrected chi connectivity index (χ0v) is 55.7. The Bertz CT molecular complexity index is 1480. The molecule has 0 saturated heterocycles. The molecule has 0 aliphatic carbocycles. The van der Waals surface area contributed by atoms with Crippen LogP contribution in [0.3, 0.4) is 0 Å². The van der Waals surface area contributed by atoms with E-state index in [2.05, 4.69) is 50.4 Å². The summed E-state index contributed by atoms with van der Waals surface area (Å²) in [4.78, 5) is 37.9. The maximum absolute atomic E-state index is 13.6. The summed E-state index contributed by atoms with van der Waals surface area (Å²) < 4.78 is 30.8. The number of phosphoric acid groups is 1. The van der Waals surface area contributed by atoms with Gasteiger partial charge in [0, 0.05) is 12.8 Å². The lowest BCUT2D eigenvalue weighted by Crippen LogP contribution is -2.47. The summed E-state index contributed by atoms with van der Waals surface area (Å²) in [6, 6.07) is -0.846. The van der Waals surface area contributed by atoms with E-state index in [1.807, 2.05) is 33.3 Å². The van der Waals surface area contributed by atoms with Crippen LogP contribution in [0.1, 0.15) is 355 Å². The highest BCUT2D eigenvalue weighted by Crippen LogP contribution is 2.43. The second-order valence-corrected chi connectivity index (χ2v) is 26.9. The number of likely N-dealkylation sites (N-methyl/N-ethyl adjacent to an activating group) is 1. The van der Waals surface area contributed by atoms with Gasteiger partial charge in [-0.15, -0.1) is 0 Å². The molecule has 2 N–H and O–H groups in total. The Hall–Kier alpha value is -1.77. The highest BCUT2D eigenvalue weighted by atomic mass is 31.2. The van der Waals surface area contributed by atoms with Crippen LogP contribution in [-0.2, 0) is 27.9 Å². The number of amides is 1. The van der Waals surface area contributed by atoms with Crippen molar-refractivity contribution >= 4 is 19.7 Å². The zero-order chi connectivity index (χ0) is 59.3. The summed E-state index contributed by atoms with van der Waals surface area (Å²) in [5.41, 5.74) is 0. The molecule has 9 nitrogen and oxygen atoms in total. The van der Waals surface area contributed by atoms with Crippen molar-refractivity contribution in [3.63, 3.8) is 0 Å². The van der Waals surface area contributed by atoms with Crippen molar-refractivity contribution in [2.24, 2.45) is 0 Å². The maximum Gasteiger partial charge on any atom is 0.472 e. The lowest BCUT2D eigenvalue weighted by atomic mass is 10.0. The first-order valence-electron chi connectivity index (χ1n) is 35.3. The standard InChI is InChI=1S/C71H137N2O7P/c1-7-10-13-16-19-22-25-27-29-31-33-35-36-38-40-42-44-46-49-52-55-58-61-64-71(75)80-69(62-59-56-53-50-47-24-21-18-15-12-9-3)68(67-79-81(76,77)78-66-65-73(4,5)6)72-70(74)63-60-57-54-51-48-45-43-41-39-37-34-32-30-28-26-23-20-17-14-11-8-2/h20,23,28,30,59,62,68-69H,7-19,21-22,24-27,29,31-58,60-61,63-67H2,1-6H3,(H-,72,74,76,77)/p+1/b23-20-,30-28-,62-59+. The maximum atomic E-state index is 13.6. The average molecular weight is 1160 g/mol. The molecule has 478 valence electrons. The van der Waals surface area contributed by atoms with Gasteiger partial charge in [-0.2, -0.15) is 0 Å². The predicted molar refractivity (Wildman–Crippen MR) is 351 cm³/mol. The Labute approximate surface area is 504 Å². The van der Waals surface area contributed by atoms with E-state index in [-0.39, 0.29) is 25.1 Å². The highest BCUT2D eigenvalue weighted by molar-refractivity contribution is 7.47. The Morgan fingerprint density at radius 2 is 0.753 bits per heavy atom. The largest absolute Gasteiger partial charge is 0.472 e. The predicted octanol–water partition coefficient (Wildman–Crippen LogP) is 22.2. The van der Waals surface area contributed by atoms with E-state index in [0.717, 1.165) is 64.2 Å². The minimum atomic E-state index is -4.45. The molecule has 0 aliphatic rings. The molecular weight excluding hydrogens is 1020 g/mol. The van der Waals surface area contributed by atoms with Crippen LogP contribution >= 0.6 is 7.82 Å². The molecule has 3 atom stereocenters. The number of hydrogen-bond acceptors (Lipinski definition) is 6. The van der Waals surface area contributed by atoms with Crippen LogP contribution in [-0.4, -0.2) is 74.3 Å². The first kappa shape index (κ1) is 79.2. The Morgan fingerprint density at radius 3 is 1.14 bits per heavy atom. The number of nitrogens with one attached hydrogen (secondary N) is 1. The molecule has 0 heterocycles. The first-order chi connectivity index (χ1) is 39.4. The molecule has 81 heavy (non-hydrogen) atoms. The van der Waals surface area contributed by atoms with E-state index in [1.165, 1.54) is 257 Å². The Morgan fingerprint density at radius 1 is 0.432 bits per heavy atom. The summed E-state index contributed by atoms with van der Waals surface area (Å²) in [7, 11) is 1.51. The van der Waals surface area contributed by atoms with Gasteiger partial charge in [-0.3, -0.25) is 18.6 Å². The molecule has 0 aromatic heterocycles. The quantitative estimate of drug-likeness (QED) is 0.0205. The van der Waals surface area contributed by atoms with Crippen LogP contribution < -0.4 is 5.32 Å². The van der Waals surface area contributed by atoms with Gasteiger partial charge in [0.05, 0.1) is 33.8 Å². The molecule has 0 radical (unpaired) electrons. The van der Waals surface area contributed by atoms with Crippen LogP contribution in [0.2, 0.25) is 0 Å². The molecule has 1 amide bonds. The van der Waals surface area contributed by atoms with E-state index in [0.29, 0.717) is 23.9 Å². The molecule has 0 fully saturated rings. The second kappa shape index (κ2) is 61.3. The van der Waals surface area contributed by atoms with E-state index in [9.17, 15) is 19.0 Å². The fraction of sp³-hybridized carbons (Fsp3) is 0.887. The van der Waals surface area contributed by atoms with Crippen LogP contribution in [0.4, 0.5) is 0 Å². The summed E-state index contributed by atoms with van der Waals surface area (Å²) in [6.45, 7) is 7.04. The molecule has 10 heteroatoms. The van der Waals surface area contributed by atoms with Crippen LogP contribution in [0, 0.1) is 0 Å². The van der Waals surface area contributed by atoms with E-state index in [4.69, 9.17) is 13.8 Å². The Kier molecular flexibility index (Phi) is 60.0. The van der Waals surface area contributed by atoms with Gasteiger partial charge in [-0.05, 0) is 63.9 Å². The lowest BCUT2D eigenvalue weighted by molar-refractivity contribution is -0.870. The normalized spacial score (nSPS) is 13.7. The summed E-state index contributed by atoms with van der Waals surface area (Å²) in [6.07, 6.45) is 75.9. The number of hydrogen-bond donors (Lipinski definition) is 2. The molecule has 0 aromatic rings. The van der Waals surface area contributed by atoms with Crippen molar-refractivity contribution in [1.82, 2.24) is 5.32 Å². The lowest BCUT2D eigenvalue weighted by Gasteiger charge is -2.27. The van der Waals surface area contributed by atoms with Gasteiger partial charge < -0.3 is 19.4 Å². The van der Waals surface area contributed by atoms with Crippen LogP contribution in [0.5, 0.6) is 0 Å². The number of rotatable bonds is 65. The molecule has 0 bridgehead atoms. The SMILES string of the molecule is CCCCC/C=C\C/C=C\CCCCCCCCCCCCCC(=O)NC(COP(=O)(O)OCC[N+](C)(C)C)C(/C=C/CCCCCCCCCCC)OC(=O)CCCCCCCCCCCCCCCCCCCCCCCCC. The fourth-order valence-corrected chi connectivity index (χ4v) is 11.4. The third-order valence-corrected chi connectivity index (χ3v) is 17.1. The van der Waals surface area contributed by atoms with E-state index in [1.54, 1.807) is 0 Å². The number of allylic oxidation sites excluding steroid dienone is 5. The molecule has 0 aliphatic heterocycles. The van der Waals surface area contributed by atoms with Gasteiger partial charge in [0.15, 0.2) is 0 Å². The number of esters is 1. The van der Waals surface area contributed by atoms with Crippen LogP contribution in [0.25, 0.3) is 0 Å². The number of carbonyl (C=O) groups is 2. The molecule has 0 spiro atoms. The van der Waals surface area contributed by atoms with E-state index < -0.39 is 20.0 Å². The minimum absolute atomic E-state index is 0.0425. The molecule has 0 saturated carbocycles.